The van der Waals surface area contributed by atoms with Crippen LogP contribution in [0.4, 0.5) is 8.78 Å². The van der Waals surface area contributed by atoms with Crippen molar-refractivity contribution < 1.29 is 22.3 Å². The quantitative estimate of drug-likeness (QED) is 0.916. The molecule has 8 heteroatoms. The molecule has 1 saturated heterocycles. The third-order valence-electron chi connectivity index (χ3n) is 3.24. The molecule has 0 amide bonds. The van der Waals surface area contributed by atoms with Crippen molar-refractivity contribution in [1.82, 2.24) is 4.31 Å². The SMILES string of the molecule is CC1CN(S(=O)(=O)c2cc(CO)cc(F)c2F)CC(C)S1. The zero-order valence-electron chi connectivity index (χ0n) is 11.7. The van der Waals surface area contributed by atoms with Crippen LogP contribution in [0.5, 0.6) is 0 Å². The number of thioether (sulfide) groups is 1. The number of rotatable bonds is 3. The molecule has 1 fully saturated rings. The fraction of sp³-hybridized carbons (Fsp3) is 0.538. The van der Waals surface area contributed by atoms with Crippen molar-refractivity contribution in [3.63, 3.8) is 0 Å². The van der Waals surface area contributed by atoms with Gasteiger partial charge in [-0.1, -0.05) is 13.8 Å². The van der Waals surface area contributed by atoms with Gasteiger partial charge in [0, 0.05) is 23.6 Å². The lowest BCUT2D eigenvalue weighted by Gasteiger charge is -2.33. The number of aliphatic hydroxyl groups is 1. The van der Waals surface area contributed by atoms with Gasteiger partial charge in [0.1, 0.15) is 4.90 Å². The molecule has 0 aliphatic carbocycles. The molecule has 0 spiro atoms. The Bertz CT molecular complexity index is 627. The van der Waals surface area contributed by atoms with Crippen LogP contribution in [0.15, 0.2) is 17.0 Å². The minimum atomic E-state index is -4.12. The minimum absolute atomic E-state index is 0.0277. The molecule has 2 rings (SSSR count). The highest BCUT2D eigenvalue weighted by Gasteiger charge is 2.34. The van der Waals surface area contributed by atoms with Crippen LogP contribution in [-0.2, 0) is 16.6 Å². The smallest absolute Gasteiger partial charge is 0.246 e. The van der Waals surface area contributed by atoms with Crippen LogP contribution in [0.2, 0.25) is 0 Å². The average molecular weight is 337 g/mol. The lowest BCUT2D eigenvalue weighted by molar-refractivity contribution is 0.280. The van der Waals surface area contributed by atoms with E-state index >= 15 is 0 Å². The van der Waals surface area contributed by atoms with Crippen molar-refractivity contribution in [3.8, 4) is 0 Å². The standard InChI is InChI=1S/C13H17F2NO3S2/c1-8-5-16(6-9(2)20-8)21(18,19)12-4-10(7-17)3-11(14)13(12)15/h3-4,8-9,17H,5-7H2,1-2H3. The summed E-state index contributed by atoms with van der Waals surface area (Å²) in [7, 11) is -4.12. The Kier molecular flexibility index (Phi) is 4.92. The van der Waals surface area contributed by atoms with Crippen LogP contribution < -0.4 is 0 Å². The fourth-order valence-corrected chi connectivity index (χ4v) is 5.62. The Morgan fingerprint density at radius 3 is 2.38 bits per heavy atom. The van der Waals surface area contributed by atoms with E-state index < -0.39 is 33.2 Å². The maximum absolute atomic E-state index is 13.9. The first-order valence-electron chi connectivity index (χ1n) is 6.50. The van der Waals surface area contributed by atoms with Crippen LogP contribution >= 0.6 is 11.8 Å². The first-order chi connectivity index (χ1) is 9.75. The Morgan fingerprint density at radius 2 is 1.86 bits per heavy atom. The molecule has 118 valence electrons. The van der Waals surface area contributed by atoms with Gasteiger partial charge in [0.15, 0.2) is 11.6 Å². The van der Waals surface area contributed by atoms with E-state index in [2.05, 4.69) is 0 Å². The normalized spacial score (nSPS) is 24.2. The number of sulfonamides is 1. The van der Waals surface area contributed by atoms with Gasteiger partial charge in [-0.3, -0.25) is 0 Å². The van der Waals surface area contributed by atoms with E-state index in [1.54, 1.807) is 11.8 Å². The largest absolute Gasteiger partial charge is 0.392 e. The molecule has 0 bridgehead atoms. The lowest BCUT2D eigenvalue weighted by Crippen LogP contribution is -2.44. The van der Waals surface area contributed by atoms with E-state index in [0.29, 0.717) is 0 Å². The lowest BCUT2D eigenvalue weighted by atomic mass is 10.2. The fourth-order valence-electron chi connectivity index (χ4n) is 2.36. The van der Waals surface area contributed by atoms with Gasteiger partial charge in [0.05, 0.1) is 6.61 Å². The van der Waals surface area contributed by atoms with Crippen molar-refractivity contribution in [3.05, 3.63) is 29.3 Å². The van der Waals surface area contributed by atoms with E-state index in [-0.39, 0.29) is 29.2 Å². The highest BCUT2D eigenvalue weighted by molar-refractivity contribution is 8.00. The maximum Gasteiger partial charge on any atom is 0.246 e. The molecule has 4 nitrogen and oxygen atoms in total. The number of aliphatic hydroxyl groups excluding tert-OH is 1. The zero-order valence-corrected chi connectivity index (χ0v) is 13.3. The first kappa shape index (κ1) is 16.7. The van der Waals surface area contributed by atoms with Gasteiger partial charge in [-0.25, -0.2) is 17.2 Å². The van der Waals surface area contributed by atoms with Crippen molar-refractivity contribution in [2.45, 2.75) is 35.8 Å². The summed E-state index contributed by atoms with van der Waals surface area (Å²) in [5.74, 6) is -2.67. The highest BCUT2D eigenvalue weighted by atomic mass is 32.2. The summed E-state index contributed by atoms with van der Waals surface area (Å²) in [6, 6.07) is 1.79. The molecular formula is C13H17F2NO3S2. The molecule has 0 saturated carbocycles. The topological polar surface area (TPSA) is 57.6 Å². The Balaban J connectivity index is 2.46. The van der Waals surface area contributed by atoms with Crippen LogP contribution in [0.1, 0.15) is 19.4 Å². The highest BCUT2D eigenvalue weighted by Crippen LogP contribution is 2.30. The molecule has 2 unspecified atom stereocenters. The van der Waals surface area contributed by atoms with Gasteiger partial charge >= 0.3 is 0 Å². The Labute approximate surface area is 127 Å². The maximum atomic E-state index is 13.9. The summed E-state index contributed by atoms with van der Waals surface area (Å²) in [6.45, 7) is 3.74. The van der Waals surface area contributed by atoms with E-state index in [4.69, 9.17) is 5.11 Å². The molecule has 2 atom stereocenters. The van der Waals surface area contributed by atoms with Crippen molar-refractivity contribution in [1.29, 1.82) is 0 Å². The monoisotopic (exact) mass is 337 g/mol. The Hall–Kier alpha value is -0.700. The number of benzene rings is 1. The molecule has 1 aliphatic heterocycles. The number of hydrogen-bond acceptors (Lipinski definition) is 4. The van der Waals surface area contributed by atoms with E-state index in [1.165, 1.54) is 4.31 Å². The molecule has 0 radical (unpaired) electrons. The average Bonchev–Trinajstić information content (AvgIpc) is 2.40. The molecule has 1 aliphatic rings. The first-order valence-corrected chi connectivity index (χ1v) is 8.88. The van der Waals surface area contributed by atoms with Gasteiger partial charge in [-0.2, -0.15) is 16.1 Å². The second-order valence-electron chi connectivity index (χ2n) is 5.13. The summed E-state index contributed by atoms with van der Waals surface area (Å²) < 4.78 is 53.7. The van der Waals surface area contributed by atoms with Crippen LogP contribution in [0, 0.1) is 11.6 Å². The van der Waals surface area contributed by atoms with Gasteiger partial charge in [0.25, 0.3) is 0 Å². The minimum Gasteiger partial charge on any atom is -0.392 e. The predicted molar refractivity (Wildman–Crippen MR) is 77.6 cm³/mol. The third kappa shape index (κ3) is 3.39. The number of halogens is 2. The molecule has 1 aromatic rings. The van der Waals surface area contributed by atoms with Crippen LogP contribution in [-0.4, -0.2) is 41.4 Å². The summed E-state index contributed by atoms with van der Waals surface area (Å²) in [5, 5.41) is 9.20. The van der Waals surface area contributed by atoms with Crippen molar-refractivity contribution in [2.24, 2.45) is 0 Å². The summed E-state index contributed by atoms with van der Waals surface area (Å²) >= 11 is 1.66. The van der Waals surface area contributed by atoms with E-state index in [9.17, 15) is 17.2 Å². The molecular weight excluding hydrogens is 320 g/mol. The second kappa shape index (κ2) is 6.20. The van der Waals surface area contributed by atoms with Crippen LogP contribution in [0.25, 0.3) is 0 Å². The molecule has 0 aromatic heterocycles. The molecule has 21 heavy (non-hydrogen) atoms. The van der Waals surface area contributed by atoms with Crippen molar-refractivity contribution in [2.75, 3.05) is 13.1 Å². The predicted octanol–water partition coefficient (Wildman–Crippen LogP) is 1.97. The summed E-state index contributed by atoms with van der Waals surface area (Å²) in [6.07, 6.45) is 0. The third-order valence-corrected chi connectivity index (χ3v) is 6.30. The van der Waals surface area contributed by atoms with Crippen LogP contribution in [0.3, 0.4) is 0 Å². The van der Waals surface area contributed by atoms with Crippen molar-refractivity contribution >= 4 is 21.8 Å². The van der Waals surface area contributed by atoms with Gasteiger partial charge < -0.3 is 5.11 Å². The van der Waals surface area contributed by atoms with E-state index in [1.807, 2.05) is 13.8 Å². The van der Waals surface area contributed by atoms with E-state index in [0.717, 1.165) is 12.1 Å². The van der Waals surface area contributed by atoms with Gasteiger partial charge in [-0.15, -0.1) is 0 Å². The summed E-state index contributed by atoms with van der Waals surface area (Å²) in [4.78, 5) is -0.710. The zero-order chi connectivity index (χ0) is 15.8. The van der Waals surface area contributed by atoms with Gasteiger partial charge in [0.2, 0.25) is 10.0 Å². The Morgan fingerprint density at radius 1 is 1.29 bits per heavy atom. The number of hydrogen-bond donors (Lipinski definition) is 1. The molecule has 1 N–H and O–H groups in total. The molecule has 1 aromatic carbocycles. The second-order valence-corrected chi connectivity index (χ2v) is 8.92. The molecule has 1 heterocycles. The number of nitrogens with zero attached hydrogens (tertiary/aromatic N) is 1. The summed E-state index contributed by atoms with van der Waals surface area (Å²) in [5.41, 5.74) is 0.0277. The van der Waals surface area contributed by atoms with Gasteiger partial charge in [-0.05, 0) is 17.7 Å².